The Labute approximate surface area is 365 Å². The fourth-order valence-corrected chi connectivity index (χ4v) is 9.04. The van der Waals surface area contributed by atoms with E-state index in [-0.39, 0.29) is 5.82 Å². The molecule has 9 aromatic carbocycles. The smallest absolute Gasteiger partial charge is 0.134 e. The number of fused-ring (bicyclic) bond motifs is 1. The van der Waals surface area contributed by atoms with Crippen molar-refractivity contribution in [3.63, 3.8) is 0 Å². The molecule has 0 aliphatic carbocycles. The summed E-state index contributed by atoms with van der Waals surface area (Å²) >= 11 is 1.11. The second-order valence-corrected chi connectivity index (χ2v) is 15.6. The minimum absolute atomic E-state index is 0.342. The van der Waals surface area contributed by atoms with Crippen molar-refractivity contribution in [1.29, 1.82) is 0 Å². The molecule has 0 saturated carbocycles. The highest BCUT2D eigenvalue weighted by Gasteiger charge is 2.22. The van der Waals surface area contributed by atoms with Gasteiger partial charge in [-0.15, -0.1) is 0 Å². The SMILES string of the molecule is Fc1cc(-c2ccc(C(=C(c3ccccc3)c3ccccc3)c3ccccc3)cc2)c2nsnc2c1-c1ccc(C(=C(c2ccccc2)c2ccccc2)c2ccccc2)cc1. The molecule has 10 aromatic rings. The van der Waals surface area contributed by atoms with E-state index in [2.05, 4.69) is 182 Å². The lowest BCUT2D eigenvalue weighted by Gasteiger charge is -2.19. The maximum Gasteiger partial charge on any atom is 0.134 e. The fraction of sp³-hybridized carbons (Fsp3) is 0. The molecule has 0 amide bonds. The van der Waals surface area contributed by atoms with Gasteiger partial charge in [-0.2, -0.15) is 8.75 Å². The lowest BCUT2D eigenvalue weighted by Crippen LogP contribution is -1.98. The van der Waals surface area contributed by atoms with Crippen LogP contribution in [0, 0.1) is 5.82 Å². The van der Waals surface area contributed by atoms with Crippen molar-refractivity contribution in [2.45, 2.75) is 0 Å². The normalized spacial score (nSPS) is 11.0. The third kappa shape index (κ3) is 7.60. The van der Waals surface area contributed by atoms with Crippen LogP contribution in [0.1, 0.15) is 44.5 Å². The predicted octanol–water partition coefficient (Wildman–Crippen LogP) is 15.2. The number of benzene rings is 9. The van der Waals surface area contributed by atoms with Gasteiger partial charge >= 0.3 is 0 Å². The first kappa shape index (κ1) is 38.4. The molecule has 0 unspecified atom stereocenters. The summed E-state index contributed by atoms with van der Waals surface area (Å²) < 4.78 is 26.2. The van der Waals surface area contributed by atoms with E-state index in [4.69, 9.17) is 8.75 Å². The zero-order valence-electron chi connectivity index (χ0n) is 33.7. The van der Waals surface area contributed by atoms with Crippen LogP contribution in [0.2, 0.25) is 0 Å². The lowest BCUT2D eigenvalue weighted by molar-refractivity contribution is 0.633. The van der Waals surface area contributed by atoms with Gasteiger partial charge in [0.05, 0.1) is 11.7 Å². The Morgan fingerprint density at radius 1 is 0.306 bits per heavy atom. The Balaban J connectivity index is 1.06. The molecule has 0 fully saturated rings. The molecule has 1 heterocycles. The Morgan fingerprint density at radius 2 is 0.581 bits per heavy atom. The topological polar surface area (TPSA) is 25.8 Å². The highest BCUT2D eigenvalue weighted by Crippen LogP contribution is 2.42. The van der Waals surface area contributed by atoms with Gasteiger partial charge < -0.3 is 0 Å². The first-order chi connectivity index (χ1) is 30.7. The standard InChI is InChI=1S/C58H39FN2S/c59-51-39-50(40-31-33-47(34-32-40)54(45-27-15-5-16-28-45)52(41-19-7-1-8-20-41)42-21-9-2-10-22-42)57-58(61-62-60-57)56(51)49-37-35-48(36-38-49)55(46-29-17-6-18-30-46)53(43-23-11-3-12-24-43)44-25-13-4-14-26-44/h1-39H. The van der Waals surface area contributed by atoms with E-state index in [0.29, 0.717) is 22.2 Å². The fourth-order valence-electron chi connectivity index (χ4n) is 8.47. The minimum Gasteiger partial charge on any atom is -0.206 e. The molecule has 2 nitrogen and oxygen atoms in total. The number of nitrogens with zero attached hydrogens (tertiary/aromatic N) is 2. The number of hydrogen-bond acceptors (Lipinski definition) is 3. The zero-order chi connectivity index (χ0) is 41.7. The van der Waals surface area contributed by atoms with E-state index in [1.165, 1.54) is 0 Å². The van der Waals surface area contributed by atoms with Gasteiger partial charge in [0.15, 0.2) is 0 Å². The van der Waals surface area contributed by atoms with Gasteiger partial charge in [0.25, 0.3) is 0 Å². The second kappa shape index (κ2) is 17.4. The molecule has 62 heavy (non-hydrogen) atoms. The quantitative estimate of drug-likeness (QED) is 0.129. The molecule has 10 rings (SSSR count). The van der Waals surface area contributed by atoms with Gasteiger partial charge in [-0.1, -0.05) is 231 Å². The molecule has 0 saturated heterocycles. The van der Waals surface area contributed by atoms with Crippen LogP contribution >= 0.6 is 11.7 Å². The molecule has 294 valence electrons. The Kier molecular flexibility index (Phi) is 10.8. The molecule has 4 heteroatoms. The van der Waals surface area contributed by atoms with E-state index in [9.17, 15) is 0 Å². The molecule has 0 spiro atoms. The van der Waals surface area contributed by atoms with Crippen molar-refractivity contribution in [2.75, 3.05) is 0 Å². The molecule has 0 bridgehead atoms. The number of halogens is 1. The van der Waals surface area contributed by atoms with Crippen LogP contribution in [0.4, 0.5) is 4.39 Å². The maximum atomic E-state index is 16.8. The van der Waals surface area contributed by atoms with Crippen molar-refractivity contribution in [2.24, 2.45) is 0 Å². The van der Waals surface area contributed by atoms with Gasteiger partial charge in [0.2, 0.25) is 0 Å². The molecule has 0 aliphatic heterocycles. The van der Waals surface area contributed by atoms with Gasteiger partial charge in [0, 0.05) is 11.1 Å². The van der Waals surface area contributed by atoms with E-state index in [0.717, 1.165) is 89.7 Å². The van der Waals surface area contributed by atoms with Crippen molar-refractivity contribution in [1.82, 2.24) is 8.75 Å². The first-order valence-corrected chi connectivity index (χ1v) is 21.4. The average Bonchev–Trinajstić information content (AvgIpc) is 3.84. The van der Waals surface area contributed by atoms with Crippen LogP contribution in [0.15, 0.2) is 237 Å². The summed E-state index contributed by atoms with van der Waals surface area (Å²) in [4.78, 5) is 0. The van der Waals surface area contributed by atoms with Crippen LogP contribution < -0.4 is 0 Å². The maximum absolute atomic E-state index is 16.8. The summed E-state index contributed by atoms with van der Waals surface area (Å²) in [6.45, 7) is 0. The van der Waals surface area contributed by atoms with Crippen molar-refractivity contribution >= 4 is 45.1 Å². The van der Waals surface area contributed by atoms with Crippen LogP contribution in [0.3, 0.4) is 0 Å². The molecule has 0 aliphatic rings. The summed E-state index contributed by atoms with van der Waals surface area (Å²) in [5, 5.41) is 0. The average molecular weight is 815 g/mol. The summed E-state index contributed by atoms with van der Waals surface area (Å²) in [5.41, 5.74) is 17.2. The predicted molar refractivity (Wildman–Crippen MR) is 257 cm³/mol. The summed E-state index contributed by atoms with van der Waals surface area (Å²) in [5.74, 6) is -0.342. The largest absolute Gasteiger partial charge is 0.206 e. The van der Waals surface area contributed by atoms with Gasteiger partial charge in [-0.25, -0.2) is 4.39 Å². The summed E-state index contributed by atoms with van der Waals surface area (Å²) in [6, 6.07) is 81.3. The Morgan fingerprint density at radius 3 is 0.903 bits per heavy atom. The van der Waals surface area contributed by atoms with Crippen LogP contribution in [0.5, 0.6) is 0 Å². The summed E-state index contributed by atoms with van der Waals surface area (Å²) in [7, 11) is 0. The van der Waals surface area contributed by atoms with Gasteiger partial charge in [-0.05, 0) is 84.0 Å². The van der Waals surface area contributed by atoms with Crippen LogP contribution in [0.25, 0.3) is 55.6 Å². The van der Waals surface area contributed by atoms with Crippen LogP contribution in [-0.4, -0.2) is 8.75 Å². The molecular weight excluding hydrogens is 776 g/mol. The van der Waals surface area contributed by atoms with Gasteiger partial charge in [0.1, 0.15) is 16.9 Å². The Bertz CT molecular complexity index is 3080. The van der Waals surface area contributed by atoms with E-state index < -0.39 is 0 Å². The van der Waals surface area contributed by atoms with E-state index >= 15 is 4.39 Å². The minimum atomic E-state index is -0.342. The molecule has 1 aromatic heterocycles. The third-order valence-electron chi connectivity index (χ3n) is 11.3. The highest BCUT2D eigenvalue weighted by molar-refractivity contribution is 7.00. The number of hydrogen-bond donors (Lipinski definition) is 0. The molecular formula is C58H39FN2S. The summed E-state index contributed by atoms with van der Waals surface area (Å²) in [6.07, 6.45) is 0. The van der Waals surface area contributed by atoms with Crippen molar-refractivity contribution in [3.05, 3.63) is 287 Å². The molecule has 0 radical (unpaired) electrons. The first-order valence-electron chi connectivity index (χ1n) is 20.7. The number of aromatic nitrogens is 2. The monoisotopic (exact) mass is 814 g/mol. The van der Waals surface area contributed by atoms with E-state index in [1.807, 2.05) is 48.5 Å². The zero-order valence-corrected chi connectivity index (χ0v) is 34.5. The molecule has 0 atom stereocenters. The highest BCUT2D eigenvalue weighted by atomic mass is 32.1. The van der Waals surface area contributed by atoms with Crippen LogP contribution in [-0.2, 0) is 0 Å². The van der Waals surface area contributed by atoms with Crippen molar-refractivity contribution < 1.29 is 4.39 Å². The number of rotatable bonds is 10. The second-order valence-electron chi connectivity index (χ2n) is 15.1. The molecule has 0 N–H and O–H groups in total. The van der Waals surface area contributed by atoms with Gasteiger partial charge in [-0.3, -0.25) is 0 Å². The third-order valence-corrected chi connectivity index (χ3v) is 11.8. The van der Waals surface area contributed by atoms with Crippen molar-refractivity contribution in [3.8, 4) is 22.3 Å². The lowest BCUT2D eigenvalue weighted by atomic mass is 9.85. The Hall–Kier alpha value is -7.79. The van der Waals surface area contributed by atoms with E-state index in [1.54, 1.807) is 6.07 Å².